The number of aryl methyl sites for hydroxylation is 1. The molecular weight excluding hydrogens is 216 g/mol. The van der Waals surface area contributed by atoms with Gasteiger partial charge in [-0.25, -0.2) is 0 Å². The second kappa shape index (κ2) is 4.74. The normalized spacial score (nSPS) is 18.1. The summed E-state index contributed by atoms with van der Waals surface area (Å²) in [7, 11) is 2.11. The molecule has 0 radical (unpaired) electrons. The summed E-state index contributed by atoms with van der Waals surface area (Å²) in [6, 6.07) is 6.30. The van der Waals surface area contributed by atoms with Crippen LogP contribution in [-0.2, 0) is 6.54 Å². The van der Waals surface area contributed by atoms with Crippen LogP contribution in [0.3, 0.4) is 0 Å². The van der Waals surface area contributed by atoms with E-state index in [1.54, 1.807) is 11.8 Å². The van der Waals surface area contributed by atoms with Gasteiger partial charge in [-0.15, -0.1) is 0 Å². The molecule has 0 fully saturated rings. The van der Waals surface area contributed by atoms with E-state index in [-0.39, 0.29) is 0 Å². The van der Waals surface area contributed by atoms with Crippen LogP contribution in [0.5, 0.6) is 0 Å². The minimum absolute atomic E-state index is 1.00. The van der Waals surface area contributed by atoms with Gasteiger partial charge in [0.1, 0.15) is 6.54 Å². The lowest BCUT2D eigenvalue weighted by molar-refractivity contribution is -0.695. The summed E-state index contributed by atoms with van der Waals surface area (Å²) in [6.07, 6.45) is 4.35. The van der Waals surface area contributed by atoms with E-state index < -0.39 is 0 Å². The lowest BCUT2D eigenvalue weighted by Crippen LogP contribution is -2.35. The van der Waals surface area contributed by atoms with Crippen molar-refractivity contribution in [2.45, 2.75) is 20.4 Å². The predicted octanol–water partition coefficient (Wildman–Crippen LogP) is 2.83. The molecule has 0 bridgehead atoms. The number of thioether (sulfide) groups is 1. The maximum atomic E-state index is 2.25. The highest BCUT2D eigenvalue weighted by atomic mass is 32.2. The molecule has 1 aromatic rings. The highest BCUT2D eigenvalue weighted by Gasteiger charge is 2.15. The molecule has 2 nitrogen and oxygen atoms in total. The minimum atomic E-state index is 1.00. The summed E-state index contributed by atoms with van der Waals surface area (Å²) < 4.78 is 2.25. The Morgan fingerprint density at radius 3 is 2.88 bits per heavy atom. The average molecular weight is 233 g/mol. The Morgan fingerprint density at radius 1 is 1.44 bits per heavy atom. The maximum Gasteiger partial charge on any atom is 0.207 e. The molecule has 84 valence electrons. The van der Waals surface area contributed by atoms with Crippen molar-refractivity contribution in [2.75, 3.05) is 7.05 Å². The number of nitrogens with zero attached hydrogens (tertiary/aromatic N) is 2. The fraction of sp³-hybridized carbons (Fsp3) is 0.308. The van der Waals surface area contributed by atoms with Crippen LogP contribution in [0.2, 0.25) is 0 Å². The summed E-state index contributed by atoms with van der Waals surface area (Å²) in [5.41, 5.74) is 2.55. The van der Waals surface area contributed by atoms with Crippen LogP contribution < -0.4 is 4.57 Å². The number of aromatic nitrogens is 1. The van der Waals surface area contributed by atoms with Gasteiger partial charge in [-0.05, 0) is 25.3 Å². The van der Waals surface area contributed by atoms with Crippen molar-refractivity contribution in [3.8, 4) is 0 Å². The van der Waals surface area contributed by atoms with E-state index in [9.17, 15) is 0 Å². The summed E-state index contributed by atoms with van der Waals surface area (Å²) in [5, 5.41) is 3.47. The molecule has 0 N–H and O–H groups in total. The number of pyridine rings is 1. The third-order valence-electron chi connectivity index (χ3n) is 2.80. The van der Waals surface area contributed by atoms with Gasteiger partial charge in [0.2, 0.25) is 5.69 Å². The highest BCUT2D eigenvalue weighted by Crippen LogP contribution is 2.33. The van der Waals surface area contributed by atoms with Gasteiger partial charge in [-0.3, -0.25) is 0 Å². The first kappa shape index (κ1) is 11.3. The van der Waals surface area contributed by atoms with Gasteiger partial charge < -0.3 is 4.90 Å². The first-order valence-electron chi connectivity index (χ1n) is 5.49. The molecule has 0 saturated heterocycles. The molecule has 0 atom stereocenters. The SMILES string of the molecule is CC[n+]1ccccc1/C=C1\SC=C(C)N1C. The largest absolute Gasteiger partial charge is 0.342 e. The lowest BCUT2D eigenvalue weighted by Gasteiger charge is -2.13. The second-order valence-electron chi connectivity index (χ2n) is 3.83. The molecule has 0 saturated carbocycles. The van der Waals surface area contributed by atoms with Crippen molar-refractivity contribution in [1.29, 1.82) is 0 Å². The lowest BCUT2D eigenvalue weighted by atomic mass is 10.3. The third-order valence-corrected chi connectivity index (χ3v) is 3.89. The van der Waals surface area contributed by atoms with E-state index in [0.29, 0.717) is 0 Å². The molecule has 3 heteroatoms. The average Bonchev–Trinajstić information content (AvgIpc) is 2.62. The van der Waals surface area contributed by atoms with Crippen LogP contribution in [0.1, 0.15) is 19.5 Å². The topological polar surface area (TPSA) is 7.12 Å². The van der Waals surface area contributed by atoms with Crippen molar-refractivity contribution >= 4 is 17.8 Å². The van der Waals surface area contributed by atoms with E-state index in [1.807, 2.05) is 0 Å². The van der Waals surface area contributed by atoms with Gasteiger partial charge in [-0.1, -0.05) is 11.8 Å². The first-order chi connectivity index (χ1) is 7.72. The van der Waals surface area contributed by atoms with Gasteiger partial charge in [0, 0.05) is 31.0 Å². The molecule has 1 aromatic heterocycles. The zero-order chi connectivity index (χ0) is 11.5. The van der Waals surface area contributed by atoms with Gasteiger partial charge >= 0.3 is 0 Å². The van der Waals surface area contributed by atoms with Gasteiger partial charge in [0.05, 0.1) is 5.03 Å². The standard InChI is InChI=1S/C13H17N2S/c1-4-15-8-6-5-7-12(15)9-13-14(3)11(2)10-16-13/h5-10H,4H2,1-3H3/q+1. The minimum Gasteiger partial charge on any atom is -0.342 e. The zero-order valence-electron chi connectivity index (χ0n) is 9.97. The predicted molar refractivity (Wildman–Crippen MR) is 69.4 cm³/mol. The van der Waals surface area contributed by atoms with E-state index in [2.05, 4.69) is 66.2 Å². The molecule has 1 aliphatic heterocycles. The van der Waals surface area contributed by atoms with Gasteiger partial charge in [-0.2, -0.15) is 4.57 Å². The monoisotopic (exact) mass is 233 g/mol. The molecule has 2 heterocycles. The molecule has 1 aliphatic rings. The Bertz CT molecular complexity index is 449. The molecule has 0 spiro atoms. The Morgan fingerprint density at radius 2 is 2.25 bits per heavy atom. The molecule has 16 heavy (non-hydrogen) atoms. The van der Waals surface area contributed by atoms with Crippen LogP contribution >= 0.6 is 11.8 Å². The van der Waals surface area contributed by atoms with Crippen molar-refractivity contribution in [3.05, 3.63) is 46.2 Å². The van der Waals surface area contributed by atoms with Crippen LogP contribution in [0.15, 0.2) is 40.5 Å². The molecular formula is C13H17N2S+. The number of hydrogen-bond donors (Lipinski definition) is 0. The Labute approximate surface area is 101 Å². The molecule has 2 rings (SSSR count). The fourth-order valence-corrected chi connectivity index (χ4v) is 2.58. The summed E-state index contributed by atoms with van der Waals surface area (Å²) in [5.74, 6) is 0. The Balaban J connectivity index is 2.30. The van der Waals surface area contributed by atoms with Crippen LogP contribution in [-0.4, -0.2) is 11.9 Å². The second-order valence-corrected chi connectivity index (χ2v) is 4.72. The number of rotatable bonds is 2. The Kier molecular flexibility index (Phi) is 3.34. The number of allylic oxidation sites excluding steroid dienone is 1. The first-order valence-corrected chi connectivity index (χ1v) is 6.37. The van der Waals surface area contributed by atoms with E-state index in [4.69, 9.17) is 0 Å². The van der Waals surface area contributed by atoms with Crippen LogP contribution in [0.4, 0.5) is 0 Å². The van der Waals surface area contributed by atoms with Crippen molar-refractivity contribution in [3.63, 3.8) is 0 Å². The van der Waals surface area contributed by atoms with Gasteiger partial charge in [0.15, 0.2) is 6.20 Å². The van der Waals surface area contributed by atoms with Crippen molar-refractivity contribution < 1.29 is 4.57 Å². The van der Waals surface area contributed by atoms with Crippen LogP contribution in [0, 0.1) is 0 Å². The summed E-state index contributed by atoms with van der Waals surface area (Å²) >= 11 is 1.78. The molecule has 0 aromatic carbocycles. The Hall–Kier alpha value is -1.22. The maximum absolute atomic E-state index is 2.25. The summed E-state index contributed by atoms with van der Waals surface area (Å²) in [6.45, 7) is 5.30. The zero-order valence-corrected chi connectivity index (χ0v) is 10.8. The molecule has 0 amide bonds. The van der Waals surface area contributed by atoms with E-state index in [1.165, 1.54) is 16.4 Å². The smallest absolute Gasteiger partial charge is 0.207 e. The molecule has 0 unspecified atom stereocenters. The third kappa shape index (κ3) is 2.14. The number of hydrogen-bond acceptors (Lipinski definition) is 2. The van der Waals surface area contributed by atoms with Crippen molar-refractivity contribution in [2.24, 2.45) is 0 Å². The quantitative estimate of drug-likeness (QED) is 0.725. The van der Waals surface area contributed by atoms with E-state index in [0.717, 1.165) is 6.54 Å². The highest BCUT2D eigenvalue weighted by molar-refractivity contribution is 8.06. The van der Waals surface area contributed by atoms with Gasteiger partial charge in [0.25, 0.3) is 0 Å². The summed E-state index contributed by atoms with van der Waals surface area (Å²) in [4.78, 5) is 2.22. The fourth-order valence-electron chi connectivity index (χ4n) is 1.64. The van der Waals surface area contributed by atoms with Crippen LogP contribution in [0.25, 0.3) is 6.08 Å². The molecule has 0 aliphatic carbocycles. The van der Waals surface area contributed by atoms with E-state index >= 15 is 0 Å². The van der Waals surface area contributed by atoms with Crippen molar-refractivity contribution in [1.82, 2.24) is 4.90 Å².